The van der Waals surface area contributed by atoms with Gasteiger partial charge in [-0.25, -0.2) is 4.98 Å². The Labute approximate surface area is 282 Å². The number of amides is 5. The summed E-state index contributed by atoms with van der Waals surface area (Å²) < 4.78 is 0. The molecule has 0 bridgehead atoms. The Hall–Kier alpha value is -3.94. The van der Waals surface area contributed by atoms with Gasteiger partial charge in [0.05, 0.1) is 17.8 Å². The van der Waals surface area contributed by atoms with Crippen LogP contribution in [0, 0.1) is 23.2 Å². The molecule has 1 aromatic rings. The van der Waals surface area contributed by atoms with Crippen molar-refractivity contribution in [3.8, 4) is 0 Å². The van der Waals surface area contributed by atoms with E-state index in [1.807, 2.05) is 6.92 Å². The van der Waals surface area contributed by atoms with Crippen molar-refractivity contribution >= 4 is 35.3 Å². The maximum Gasteiger partial charge on any atom is 0.289 e. The van der Waals surface area contributed by atoms with Crippen molar-refractivity contribution in [1.82, 2.24) is 36.1 Å². The molecule has 2 heterocycles. The second kappa shape index (κ2) is 14.7. The highest BCUT2D eigenvalue weighted by Crippen LogP contribution is 2.48. The van der Waals surface area contributed by atoms with E-state index in [-0.39, 0.29) is 30.6 Å². The number of nitrogens with zero attached hydrogens (tertiary/aromatic N) is 3. The second-order valence-corrected chi connectivity index (χ2v) is 15.2. The van der Waals surface area contributed by atoms with E-state index in [0.717, 1.165) is 12.8 Å². The zero-order valence-corrected chi connectivity index (χ0v) is 29.0. The molecule has 0 radical (unpaired) electrons. The van der Waals surface area contributed by atoms with Gasteiger partial charge in [-0.2, -0.15) is 0 Å². The van der Waals surface area contributed by atoms with Crippen LogP contribution >= 0.6 is 0 Å². The molecule has 264 valence electrons. The number of likely N-dealkylation sites (tertiary alicyclic amines) is 1. The van der Waals surface area contributed by atoms with Crippen molar-refractivity contribution in [1.29, 1.82) is 0 Å². The molecule has 7 atom stereocenters. The third-order valence-corrected chi connectivity index (χ3v) is 9.76. The number of rotatable bonds is 13. The molecule has 2 aliphatic carbocycles. The first-order chi connectivity index (χ1) is 22.5. The van der Waals surface area contributed by atoms with Crippen LogP contribution < -0.4 is 21.3 Å². The number of hydrogen-bond acceptors (Lipinski definition) is 9. The average molecular weight is 670 g/mol. The minimum absolute atomic E-state index is 0.0241. The molecule has 1 aromatic heterocycles. The number of ketones is 1. The SMILES string of the molecule is CCCC(NC(=O)[C@@H]1[C@H]2CC[C@@](C)(O)[C@H]2CN1C(=O)[C@@H](NC(=O)[C@H](NC(=O)c1cnccn1)C(C)C)C(C)(C)C)C(=O)C(=O)NC1CC1. The lowest BCUT2D eigenvalue weighted by atomic mass is 9.84. The zero-order chi connectivity index (χ0) is 35.6. The number of aliphatic hydroxyl groups is 1. The van der Waals surface area contributed by atoms with Crippen molar-refractivity contribution in [2.75, 3.05) is 6.54 Å². The topological polar surface area (TPSA) is 200 Å². The predicted octanol–water partition coefficient (Wildman–Crippen LogP) is 0.883. The molecule has 1 saturated heterocycles. The third kappa shape index (κ3) is 8.37. The van der Waals surface area contributed by atoms with Gasteiger partial charge in [-0.3, -0.25) is 33.8 Å². The van der Waals surface area contributed by atoms with Crippen LogP contribution in [0.2, 0.25) is 0 Å². The first-order valence-corrected chi connectivity index (χ1v) is 17.0. The summed E-state index contributed by atoms with van der Waals surface area (Å²) in [5.74, 6) is -4.91. The van der Waals surface area contributed by atoms with Crippen molar-refractivity contribution in [3.63, 3.8) is 0 Å². The Morgan fingerprint density at radius 3 is 2.29 bits per heavy atom. The minimum Gasteiger partial charge on any atom is -0.390 e. The van der Waals surface area contributed by atoms with E-state index in [9.17, 15) is 33.9 Å². The summed E-state index contributed by atoms with van der Waals surface area (Å²) in [5.41, 5.74) is -1.92. The monoisotopic (exact) mass is 669 g/mol. The van der Waals surface area contributed by atoms with Gasteiger partial charge >= 0.3 is 0 Å². The molecule has 5 N–H and O–H groups in total. The molecule has 14 nitrogen and oxygen atoms in total. The first kappa shape index (κ1) is 36.9. The number of aromatic nitrogens is 2. The number of fused-ring (bicyclic) bond motifs is 1. The summed E-state index contributed by atoms with van der Waals surface area (Å²) >= 11 is 0. The summed E-state index contributed by atoms with van der Waals surface area (Å²) in [6.45, 7) is 12.5. The molecule has 14 heteroatoms. The Morgan fingerprint density at radius 2 is 1.73 bits per heavy atom. The van der Waals surface area contributed by atoms with E-state index in [1.54, 1.807) is 41.5 Å². The van der Waals surface area contributed by atoms with Crippen LogP contribution in [-0.2, 0) is 24.0 Å². The van der Waals surface area contributed by atoms with Gasteiger partial charge in [-0.15, -0.1) is 0 Å². The van der Waals surface area contributed by atoms with Crippen molar-refractivity contribution < 1.29 is 33.9 Å². The largest absolute Gasteiger partial charge is 0.390 e. The van der Waals surface area contributed by atoms with E-state index < -0.39 is 82.3 Å². The van der Waals surface area contributed by atoms with E-state index in [4.69, 9.17) is 0 Å². The standard InChI is InChI=1S/C34H51N7O7/c1-8-9-22(26(42)31(46)37-19-10-11-19)38-30(45)25-20-12-13-34(7,48)21(20)17-41(25)32(47)27(33(4,5)6)40-29(44)24(18(2)3)39-28(43)23-16-35-14-15-36-23/h14-16,18-22,24-25,27,48H,8-13,17H2,1-7H3,(H,37,46)(H,38,45)(H,39,43)(H,40,44)/t20-,21-,22?,24+,25-,27+,34+/m0/s1. The van der Waals surface area contributed by atoms with Gasteiger partial charge in [0, 0.05) is 30.9 Å². The molecular formula is C34H51N7O7. The molecule has 3 fully saturated rings. The fourth-order valence-corrected chi connectivity index (χ4v) is 6.81. The Kier molecular flexibility index (Phi) is 11.3. The van der Waals surface area contributed by atoms with Crippen LogP contribution in [0.15, 0.2) is 18.6 Å². The lowest BCUT2D eigenvalue weighted by Gasteiger charge is -2.37. The smallest absolute Gasteiger partial charge is 0.289 e. The highest BCUT2D eigenvalue weighted by molar-refractivity contribution is 6.38. The molecule has 4 rings (SSSR count). The lowest BCUT2D eigenvalue weighted by molar-refractivity contribution is -0.146. The van der Waals surface area contributed by atoms with Crippen molar-refractivity contribution in [2.24, 2.45) is 23.2 Å². The van der Waals surface area contributed by atoms with Crippen LogP contribution in [0.5, 0.6) is 0 Å². The van der Waals surface area contributed by atoms with Gasteiger partial charge in [0.25, 0.3) is 11.8 Å². The van der Waals surface area contributed by atoms with Gasteiger partial charge in [0.2, 0.25) is 23.5 Å². The summed E-state index contributed by atoms with van der Waals surface area (Å²) in [5, 5.41) is 22.3. The Morgan fingerprint density at radius 1 is 1.04 bits per heavy atom. The molecule has 0 spiro atoms. The third-order valence-electron chi connectivity index (χ3n) is 9.76. The molecule has 1 aliphatic heterocycles. The van der Waals surface area contributed by atoms with Crippen LogP contribution in [-0.4, -0.2) is 97.6 Å². The van der Waals surface area contributed by atoms with Crippen LogP contribution in [0.4, 0.5) is 0 Å². The normalized spacial score (nSPS) is 25.4. The molecule has 48 heavy (non-hydrogen) atoms. The molecule has 1 unspecified atom stereocenters. The lowest BCUT2D eigenvalue weighted by Crippen LogP contribution is -2.62. The van der Waals surface area contributed by atoms with Crippen LogP contribution in [0.1, 0.15) is 97.5 Å². The summed E-state index contributed by atoms with van der Waals surface area (Å²) in [6.07, 6.45) is 7.39. The van der Waals surface area contributed by atoms with Gasteiger partial charge < -0.3 is 31.3 Å². The number of hydrogen-bond donors (Lipinski definition) is 5. The van der Waals surface area contributed by atoms with Crippen LogP contribution in [0.25, 0.3) is 0 Å². The van der Waals surface area contributed by atoms with Crippen LogP contribution in [0.3, 0.4) is 0 Å². The van der Waals surface area contributed by atoms with Crippen molar-refractivity contribution in [2.45, 2.75) is 123 Å². The maximum atomic E-state index is 14.5. The Bertz CT molecular complexity index is 1390. The highest BCUT2D eigenvalue weighted by Gasteiger charge is 2.58. The summed E-state index contributed by atoms with van der Waals surface area (Å²) in [7, 11) is 0. The summed E-state index contributed by atoms with van der Waals surface area (Å²) in [4.78, 5) is 90.3. The Balaban J connectivity index is 1.58. The average Bonchev–Trinajstić information content (AvgIpc) is 3.67. The maximum absolute atomic E-state index is 14.5. The highest BCUT2D eigenvalue weighted by atomic mass is 16.3. The summed E-state index contributed by atoms with van der Waals surface area (Å²) in [6, 6.07) is -4.26. The molecule has 2 saturated carbocycles. The quantitative estimate of drug-likeness (QED) is 0.189. The van der Waals surface area contributed by atoms with Gasteiger partial charge in [-0.05, 0) is 56.3 Å². The first-order valence-electron chi connectivity index (χ1n) is 17.0. The number of nitrogens with one attached hydrogen (secondary N) is 4. The molecule has 3 aliphatic rings. The number of carbonyl (C=O) groups excluding carboxylic acids is 6. The fourth-order valence-electron chi connectivity index (χ4n) is 6.81. The molecule has 0 aromatic carbocycles. The second-order valence-electron chi connectivity index (χ2n) is 15.2. The molecule has 5 amide bonds. The van der Waals surface area contributed by atoms with Gasteiger partial charge in [0.15, 0.2) is 0 Å². The van der Waals surface area contributed by atoms with E-state index in [2.05, 4.69) is 31.2 Å². The van der Waals surface area contributed by atoms with E-state index >= 15 is 0 Å². The van der Waals surface area contributed by atoms with Crippen molar-refractivity contribution in [3.05, 3.63) is 24.3 Å². The van der Waals surface area contributed by atoms with E-state index in [0.29, 0.717) is 19.3 Å². The number of carbonyl (C=O) groups is 6. The predicted molar refractivity (Wildman–Crippen MR) is 175 cm³/mol. The van der Waals surface area contributed by atoms with Gasteiger partial charge in [0.1, 0.15) is 23.8 Å². The molecular weight excluding hydrogens is 618 g/mol. The van der Waals surface area contributed by atoms with Gasteiger partial charge in [-0.1, -0.05) is 48.0 Å². The zero-order valence-electron chi connectivity index (χ0n) is 29.0. The minimum atomic E-state index is -1.13. The van der Waals surface area contributed by atoms with E-state index in [1.165, 1.54) is 23.5 Å². The fraction of sp³-hybridized carbons (Fsp3) is 0.706. The number of Topliss-reactive ketones (excluding diaryl/α,β-unsaturated/α-hetero) is 1.